The first-order valence-electron chi connectivity index (χ1n) is 3.35. The average Bonchev–Trinajstić information content (AvgIpc) is 2.42. The molecule has 0 aromatic heterocycles. The number of hydrogen-bond donors (Lipinski definition) is 2. The second-order valence-electron chi connectivity index (χ2n) is 2.83. The number of carboxylic acids is 1. The molecular weight excluding hydrogens is 134 g/mol. The standard InChI is InChI=1S/C6H9NO3/c8-5(9)4-6(1-2-6)10-3-7-4/h4,7H,1-3H2,(H,8,9)/t4-/m1/s1. The minimum Gasteiger partial charge on any atom is -0.480 e. The van der Waals surface area contributed by atoms with Gasteiger partial charge in [-0.15, -0.1) is 0 Å². The van der Waals surface area contributed by atoms with Gasteiger partial charge in [0.2, 0.25) is 0 Å². The fourth-order valence-corrected chi connectivity index (χ4v) is 1.41. The molecule has 0 unspecified atom stereocenters. The highest BCUT2D eigenvalue weighted by molar-refractivity contribution is 5.76. The average molecular weight is 143 g/mol. The molecule has 2 fully saturated rings. The first-order valence-corrected chi connectivity index (χ1v) is 3.35. The van der Waals surface area contributed by atoms with Crippen molar-refractivity contribution in [1.82, 2.24) is 5.32 Å². The van der Waals surface area contributed by atoms with E-state index in [-0.39, 0.29) is 5.60 Å². The maximum Gasteiger partial charge on any atom is 0.323 e. The van der Waals surface area contributed by atoms with E-state index in [9.17, 15) is 4.79 Å². The third-order valence-electron chi connectivity index (χ3n) is 2.16. The van der Waals surface area contributed by atoms with Crippen LogP contribution in [0.5, 0.6) is 0 Å². The predicted molar refractivity (Wildman–Crippen MR) is 32.5 cm³/mol. The lowest BCUT2D eigenvalue weighted by Crippen LogP contribution is -2.39. The highest BCUT2D eigenvalue weighted by Gasteiger charge is 2.57. The Balaban J connectivity index is 2.14. The molecule has 1 atom stereocenters. The van der Waals surface area contributed by atoms with Gasteiger partial charge in [0.1, 0.15) is 6.04 Å². The highest BCUT2D eigenvalue weighted by Crippen LogP contribution is 2.45. The monoisotopic (exact) mass is 143 g/mol. The van der Waals surface area contributed by atoms with Crippen LogP contribution in [0.3, 0.4) is 0 Å². The predicted octanol–water partition coefficient (Wildman–Crippen LogP) is -0.451. The molecule has 0 aromatic rings. The minimum absolute atomic E-state index is 0.328. The van der Waals surface area contributed by atoms with Gasteiger partial charge in [0.15, 0.2) is 0 Å². The number of carboxylic acid groups (broad SMARTS) is 1. The topological polar surface area (TPSA) is 58.6 Å². The van der Waals surface area contributed by atoms with E-state index < -0.39 is 12.0 Å². The Morgan fingerprint density at radius 1 is 1.70 bits per heavy atom. The van der Waals surface area contributed by atoms with E-state index in [0.29, 0.717) is 6.73 Å². The first-order chi connectivity index (χ1) is 4.75. The maximum absolute atomic E-state index is 10.5. The Bertz CT molecular complexity index is 176. The molecule has 0 radical (unpaired) electrons. The minimum atomic E-state index is -0.796. The van der Waals surface area contributed by atoms with Crippen LogP contribution in [0.2, 0.25) is 0 Å². The summed E-state index contributed by atoms with van der Waals surface area (Å²) in [7, 11) is 0. The molecule has 0 aromatic carbocycles. The number of hydrogen-bond acceptors (Lipinski definition) is 3. The number of aliphatic carboxylic acids is 1. The van der Waals surface area contributed by atoms with Gasteiger partial charge in [-0.1, -0.05) is 0 Å². The highest BCUT2D eigenvalue weighted by atomic mass is 16.5. The van der Waals surface area contributed by atoms with Crippen LogP contribution in [0.15, 0.2) is 0 Å². The van der Waals surface area contributed by atoms with Crippen molar-refractivity contribution >= 4 is 5.97 Å². The van der Waals surface area contributed by atoms with Crippen LogP contribution in [0.25, 0.3) is 0 Å². The van der Waals surface area contributed by atoms with Crippen LogP contribution in [0.4, 0.5) is 0 Å². The van der Waals surface area contributed by atoms with E-state index in [2.05, 4.69) is 5.32 Å². The van der Waals surface area contributed by atoms with Gasteiger partial charge in [0, 0.05) is 0 Å². The lowest BCUT2D eigenvalue weighted by molar-refractivity contribution is -0.140. The molecule has 10 heavy (non-hydrogen) atoms. The quantitative estimate of drug-likeness (QED) is 0.522. The first kappa shape index (κ1) is 6.12. The Labute approximate surface area is 58.2 Å². The maximum atomic E-state index is 10.5. The molecule has 2 N–H and O–H groups in total. The van der Waals surface area contributed by atoms with E-state index in [4.69, 9.17) is 9.84 Å². The second kappa shape index (κ2) is 1.71. The Kier molecular flexibility index (Phi) is 1.04. The molecule has 1 spiro atoms. The lowest BCUT2D eigenvalue weighted by Gasteiger charge is -2.10. The van der Waals surface area contributed by atoms with Crippen molar-refractivity contribution in [2.24, 2.45) is 0 Å². The van der Waals surface area contributed by atoms with Crippen LogP contribution in [-0.2, 0) is 9.53 Å². The van der Waals surface area contributed by atoms with Crippen molar-refractivity contribution in [2.45, 2.75) is 24.5 Å². The Morgan fingerprint density at radius 2 is 2.40 bits per heavy atom. The third-order valence-corrected chi connectivity index (χ3v) is 2.16. The summed E-state index contributed by atoms with van der Waals surface area (Å²) in [6.45, 7) is 0.386. The van der Waals surface area contributed by atoms with E-state index >= 15 is 0 Å². The van der Waals surface area contributed by atoms with Gasteiger partial charge in [0.05, 0.1) is 12.3 Å². The summed E-state index contributed by atoms with van der Waals surface area (Å²) in [5.74, 6) is -0.796. The summed E-state index contributed by atoms with van der Waals surface area (Å²) in [6.07, 6.45) is 1.77. The number of ether oxygens (including phenoxy) is 1. The van der Waals surface area contributed by atoms with Gasteiger partial charge in [-0.2, -0.15) is 0 Å². The van der Waals surface area contributed by atoms with Crippen LogP contribution in [0.1, 0.15) is 12.8 Å². The van der Waals surface area contributed by atoms with Crippen LogP contribution < -0.4 is 5.32 Å². The molecule has 4 nitrogen and oxygen atoms in total. The van der Waals surface area contributed by atoms with E-state index in [0.717, 1.165) is 12.8 Å². The van der Waals surface area contributed by atoms with Crippen LogP contribution >= 0.6 is 0 Å². The van der Waals surface area contributed by atoms with E-state index in [1.807, 2.05) is 0 Å². The second-order valence-corrected chi connectivity index (χ2v) is 2.83. The number of rotatable bonds is 1. The third kappa shape index (κ3) is 0.660. The van der Waals surface area contributed by atoms with Gasteiger partial charge in [0.25, 0.3) is 0 Å². The zero-order valence-electron chi connectivity index (χ0n) is 5.46. The summed E-state index contributed by atoms with van der Waals surface area (Å²) in [5, 5.41) is 11.4. The molecule has 1 saturated heterocycles. The largest absolute Gasteiger partial charge is 0.480 e. The van der Waals surface area contributed by atoms with Gasteiger partial charge in [-0.3, -0.25) is 10.1 Å². The Hall–Kier alpha value is -0.610. The molecular formula is C6H9NO3. The zero-order chi connectivity index (χ0) is 7.19. The van der Waals surface area contributed by atoms with Crippen molar-refractivity contribution in [2.75, 3.05) is 6.73 Å². The fraction of sp³-hybridized carbons (Fsp3) is 0.833. The molecule has 0 amide bonds. The van der Waals surface area contributed by atoms with Crippen molar-refractivity contribution in [3.8, 4) is 0 Å². The SMILES string of the molecule is O=C(O)[C@H]1NCOC12CC2. The van der Waals surface area contributed by atoms with E-state index in [1.54, 1.807) is 0 Å². The summed E-state index contributed by atoms with van der Waals surface area (Å²) in [4.78, 5) is 10.5. The molecule has 2 aliphatic rings. The number of nitrogens with one attached hydrogen (secondary N) is 1. The van der Waals surface area contributed by atoms with Crippen LogP contribution in [0, 0.1) is 0 Å². The van der Waals surface area contributed by atoms with Gasteiger partial charge in [-0.25, -0.2) is 0 Å². The molecule has 1 saturated carbocycles. The van der Waals surface area contributed by atoms with Gasteiger partial charge in [-0.05, 0) is 12.8 Å². The van der Waals surface area contributed by atoms with Crippen molar-refractivity contribution in [1.29, 1.82) is 0 Å². The van der Waals surface area contributed by atoms with Crippen LogP contribution in [-0.4, -0.2) is 29.4 Å². The summed E-state index contributed by atoms with van der Waals surface area (Å²) >= 11 is 0. The smallest absolute Gasteiger partial charge is 0.323 e. The summed E-state index contributed by atoms with van der Waals surface area (Å²) in [5.41, 5.74) is -0.328. The van der Waals surface area contributed by atoms with Gasteiger partial charge >= 0.3 is 5.97 Å². The van der Waals surface area contributed by atoms with E-state index in [1.165, 1.54) is 0 Å². The van der Waals surface area contributed by atoms with Gasteiger partial charge < -0.3 is 9.84 Å². The van der Waals surface area contributed by atoms with Crippen molar-refractivity contribution < 1.29 is 14.6 Å². The molecule has 2 rings (SSSR count). The molecule has 1 aliphatic carbocycles. The summed E-state index contributed by atoms with van der Waals surface area (Å²) in [6, 6.07) is -0.465. The van der Waals surface area contributed by atoms with Crippen molar-refractivity contribution in [3.63, 3.8) is 0 Å². The Morgan fingerprint density at radius 3 is 2.80 bits per heavy atom. The zero-order valence-corrected chi connectivity index (χ0v) is 5.46. The molecule has 56 valence electrons. The fourth-order valence-electron chi connectivity index (χ4n) is 1.41. The lowest BCUT2D eigenvalue weighted by atomic mass is 10.1. The van der Waals surface area contributed by atoms with Crippen molar-refractivity contribution in [3.05, 3.63) is 0 Å². The summed E-state index contributed by atoms with van der Waals surface area (Å²) < 4.78 is 5.23. The molecule has 0 bridgehead atoms. The molecule has 1 heterocycles. The number of carbonyl (C=O) groups is 1. The normalized spacial score (nSPS) is 34.6. The molecule has 4 heteroatoms. The molecule has 1 aliphatic heterocycles.